The van der Waals surface area contributed by atoms with Gasteiger partial charge in [0, 0.05) is 12.5 Å². The molecule has 1 fully saturated rings. The quantitative estimate of drug-likeness (QED) is 0.649. The number of rotatable bonds is 2. The summed E-state index contributed by atoms with van der Waals surface area (Å²) in [4.78, 5) is 3.59. The molecule has 3 nitrogen and oxygen atoms in total. The Bertz CT molecular complexity index is 287. The van der Waals surface area contributed by atoms with Gasteiger partial charge in [0.2, 0.25) is 11.8 Å². The maximum Gasteiger partial charge on any atom is 0.216 e. The Morgan fingerprint density at radius 3 is 3.15 bits per heavy atom. The van der Waals surface area contributed by atoms with Crippen LogP contribution in [-0.2, 0) is 4.74 Å². The Morgan fingerprint density at radius 2 is 2.46 bits per heavy atom. The lowest BCUT2D eigenvalue weighted by Crippen LogP contribution is -2.16. The van der Waals surface area contributed by atoms with Crippen LogP contribution in [0.4, 0.5) is 4.39 Å². The molecule has 0 aliphatic carbocycles. The number of pyridine rings is 1. The van der Waals surface area contributed by atoms with Crippen LogP contribution < -0.4 is 4.74 Å². The smallest absolute Gasteiger partial charge is 0.216 e. The van der Waals surface area contributed by atoms with E-state index in [0.29, 0.717) is 19.1 Å². The first-order chi connectivity index (χ1) is 6.34. The fourth-order valence-electron chi connectivity index (χ4n) is 1.23. The first-order valence-corrected chi connectivity index (χ1v) is 4.21. The SMILES string of the molecule is Fc1cccc(OC2CCOC2)n1. The van der Waals surface area contributed by atoms with Gasteiger partial charge in [0.05, 0.1) is 13.2 Å². The van der Waals surface area contributed by atoms with E-state index < -0.39 is 5.95 Å². The van der Waals surface area contributed by atoms with Gasteiger partial charge in [-0.2, -0.15) is 9.37 Å². The van der Waals surface area contributed by atoms with Crippen molar-refractivity contribution in [3.8, 4) is 5.88 Å². The van der Waals surface area contributed by atoms with Crippen LogP contribution in [0.3, 0.4) is 0 Å². The van der Waals surface area contributed by atoms with Crippen LogP contribution in [0.2, 0.25) is 0 Å². The summed E-state index contributed by atoms with van der Waals surface area (Å²) in [5.74, 6) is -0.188. The Balaban J connectivity index is 2.00. The fraction of sp³-hybridized carbons (Fsp3) is 0.444. The zero-order valence-corrected chi connectivity index (χ0v) is 7.07. The number of ether oxygens (including phenoxy) is 2. The summed E-state index contributed by atoms with van der Waals surface area (Å²) in [5.41, 5.74) is 0. The average Bonchev–Trinajstić information content (AvgIpc) is 2.57. The Labute approximate surface area is 75.5 Å². The zero-order chi connectivity index (χ0) is 9.10. The molecule has 2 rings (SSSR count). The summed E-state index contributed by atoms with van der Waals surface area (Å²) < 4.78 is 23.1. The van der Waals surface area contributed by atoms with E-state index in [9.17, 15) is 4.39 Å². The summed E-state index contributed by atoms with van der Waals surface area (Å²) in [7, 11) is 0. The standard InChI is InChI=1S/C9H10FNO2/c10-8-2-1-3-9(11-8)13-7-4-5-12-6-7/h1-3,7H,4-6H2. The number of halogens is 1. The van der Waals surface area contributed by atoms with Crippen molar-refractivity contribution >= 4 is 0 Å². The number of hydrogen-bond acceptors (Lipinski definition) is 3. The van der Waals surface area contributed by atoms with Crippen molar-refractivity contribution in [2.45, 2.75) is 12.5 Å². The molecule has 1 aliphatic rings. The van der Waals surface area contributed by atoms with Crippen LogP contribution in [0, 0.1) is 5.95 Å². The van der Waals surface area contributed by atoms with Crippen LogP contribution in [-0.4, -0.2) is 24.3 Å². The van der Waals surface area contributed by atoms with Crippen molar-refractivity contribution in [1.82, 2.24) is 4.98 Å². The maximum atomic E-state index is 12.6. The second-order valence-corrected chi connectivity index (χ2v) is 2.90. The molecular formula is C9H10FNO2. The van der Waals surface area contributed by atoms with Gasteiger partial charge in [0.25, 0.3) is 0 Å². The van der Waals surface area contributed by atoms with Crippen molar-refractivity contribution < 1.29 is 13.9 Å². The number of aromatic nitrogens is 1. The Kier molecular flexibility index (Phi) is 2.40. The fourth-order valence-corrected chi connectivity index (χ4v) is 1.23. The van der Waals surface area contributed by atoms with Crippen LogP contribution in [0.25, 0.3) is 0 Å². The molecule has 0 spiro atoms. The molecule has 0 bridgehead atoms. The van der Waals surface area contributed by atoms with Crippen LogP contribution in [0.15, 0.2) is 18.2 Å². The molecule has 1 saturated heterocycles. The number of hydrogen-bond donors (Lipinski definition) is 0. The molecule has 0 radical (unpaired) electrons. The molecule has 1 atom stereocenters. The third-order valence-electron chi connectivity index (χ3n) is 1.86. The predicted octanol–water partition coefficient (Wildman–Crippen LogP) is 1.39. The van der Waals surface area contributed by atoms with E-state index in [1.165, 1.54) is 6.07 Å². The molecule has 1 aromatic heterocycles. The summed E-state index contributed by atoms with van der Waals surface area (Å²) in [6.45, 7) is 1.28. The zero-order valence-electron chi connectivity index (χ0n) is 7.07. The van der Waals surface area contributed by atoms with Gasteiger partial charge in [-0.05, 0) is 6.07 Å². The van der Waals surface area contributed by atoms with Crippen LogP contribution >= 0.6 is 0 Å². The highest BCUT2D eigenvalue weighted by atomic mass is 19.1. The van der Waals surface area contributed by atoms with Gasteiger partial charge >= 0.3 is 0 Å². The van der Waals surface area contributed by atoms with Gasteiger partial charge in [0.1, 0.15) is 6.10 Å². The van der Waals surface area contributed by atoms with E-state index in [2.05, 4.69) is 4.98 Å². The van der Waals surface area contributed by atoms with E-state index in [4.69, 9.17) is 9.47 Å². The molecule has 2 heterocycles. The van der Waals surface area contributed by atoms with Gasteiger partial charge in [-0.25, -0.2) is 0 Å². The largest absolute Gasteiger partial charge is 0.472 e. The molecule has 1 aliphatic heterocycles. The minimum absolute atomic E-state index is 0.0225. The first-order valence-electron chi connectivity index (χ1n) is 4.21. The highest BCUT2D eigenvalue weighted by molar-refractivity contribution is 5.10. The van der Waals surface area contributed by atoms with E-state index in [1.807, 2.05) is 0 Å². The lowest BCUT2D eigenvalue weighted by Gasteiger charge is -2.09. The molecule has 1 aromatic rings. The molecule has 13 heavy (non-hydrogen) atoms. The predicted molar refractivity (Wildman–Crippen MR) is 44.0 cm³/mol. The highest BCUT2D eigenvalue weighted by Crippen LogP contribution is 2.14. The topological polar surface area (TPSA) is 31.4 Å². The van der Waals surface area contributed by atoms with Crippen LogP contribution in [0.5, 0.6) is 5.88 Å². The minimum Gasteiger partial charge on any atom is -0.472 e. The van der Waals surface area contributed by atoms with Gasteiger partial charge in [-0.3, -0.25) is 0 Å². The van der Waals surface area contributed by atoms with Crippen LogP contribution in [0.1, 0.15) is 6.42 Å². The highest BCUT2D eigenvalue weighted by Gasteiger charge is 2.17. The van der Waals surface area contributed by atoms with E-state index in [1.54, 1.807) is 12.1 Å². The first kappa shape index (κ1) is 8.44. The van der Waals surface area contributed by atoms with E-state index in [-0.39, 0.29) is 6.10 Å². The van der Waals surface area contributed by atoms with Crippen molar-refractivity contribution in [3.63, 3.8) is 0 Å². The molecule has 70 valence electrons. The Hall–Kier alpha value is -1.16. The third kappa shape index (κ3) is 2.15. The maximum absolute atomic E-state index is 12.6. The van der Waals surface area contributed by atoms with Crippen molar-refractivity contribution in [2.24, 2.45) is 0 Å². The summed E-state index contributed by atoms with van der Waals surface area (Å²) in [5, 5.41) is 0. The molecule has 0 amide bonds. The summed E-state index contributed by atoms with van der Waals surface area (Å²) >= 11 is 0. The van der Waals surface area contributed by atoms with Gasteiger partial charge in [-0.1, -0.05) is 6.07 Å². The summed E-state index contributed by atoms with van der Waals surface area (Å²) in [6, 6.07) is 4.51. The average molecular weight is 183 g/mol. The normalized spacial score (nSPS) is 21.8. The van der Waals surface area contributed by atoms with Crippen molar-refractivity contribution in [2.75, 3.05) is 13.2 Å². The third-order valence-corrected chi connectivity index (χ3v) is 1.86. The molecule has 0 saturated carbocycles. The lowest BCUT2D eigenvalue weighted by molar-refractivity contribution is 0.137. The second kappa shape index (κ2) is 3.70. The van der Waals surface area contributed by atoms with Gasteiger partial charge in [-0.15, -0.1) is 0 Å². The monoisotopic (exact) mass is 183 g/mol. The second-order valence-electron chi connectivity index (χ2n) is 2.90. The Morgan fingerprint density at radius 1 is 1.54 bits per heavy atom. The molecular weight excluding hydrogens is 173 g/mol. The molecule has 0 N–H and O–H groups in total. The van der Waals surface area contributed by atoms with Crippen molar-refractivity contribution in [1.29, 1.82) is 0 Å². The molecule has 4 heteroatoms. The van der Waals surface area contributed by atoms with E-state index in [0.717, 1.165) is 6.42 Å². The van der Waals surface area contributed by atoms with Crippen molar-refractivity contribution in [3.05, 3.63) is 24.1 Å². The van der Waals surface area contributed by atoms with E-state index >= 15 is 0 Å². The number of nitrogens with zero attached hydrogens (tertiary/aromatic N) is 1. The molecule has 1 unspecified atom stereocenters. The molecule has 0 aromatic carbocycles. The van der Waals surface area contributed by atoms with Gasteiger partial charge < -0.3 is 9.47 Å². The van der Waals surface area contributed by atoms with Gasteiger partial charge in [0.15, 0.2) is 0 Å². The summed E-state index contributed by atoms with van der Waals surface area (Å²) in [6.07, 6.45) is 0.868. The minimum atomic E-state index is -0.517. The lowest BCUT2D eigenvalue weighted by atomic mass is 10.3.